The summed E-state index contributed by atoms with van der Waals surface area (Å²) in [7, 11) is 1.23. The predicted molar refractivity (Wildman–Crippen MR) is 84.9 cm³/mol. The highest BCUT2D eigenvalue weighted by atomic mass is 32.2. The van der Waals surface area contributed by atoms with Gasteiger partial charge >= 0.3 is 5.97 Å². The smallest absolute Gasteiger partial charge is 0.339 e. The highest BCUT2D eigenvalue weighted by Gasteiger charge is 2.19. The molecule has 1 aromatic carbocycles. The van der Waals surface area contributed by atoms with E-state index >= 15 is 0 Å². The summed E-state index contributed by atoms with van der Waals surface area (Å²) in [4.78, 5) is 22.6. The second-order valence-electron chi connectivity index (χ2n) is 3.80. The number of nitro groups is 1. The number of benzene rings is 1. The fourth-order valence-corrected chi connectivity index (χ4v) is 4.48. The summed E-state index contributed by atoms with van der Waals surface area (Å²) < 4.78 is 6.18. The number of non-ortho nitro benzene ring substituents is 1. The van der Waals surface area contributed by atoms with Gasteiger partial charge in [-0.05, 0) is 11.8 Å². The summed E-state index contributed by atoms with van der Waals surface area (Å²) in [5.74, 6) is 0.267. The molecule has 0 N–H and O–H groups in total. The Kier molecular flexibility index (Phi) is 5.75. The van der Waals surface area contributed by atoms with Gasteiger partial charge in [0, 0.05) is 17.0 Å². The largest absolute Gasteiger partial charge is 0.465 e. The third-order valence-corrected chi connectivity index (χ3v) is 5.50. The van der Waals surface area contributed by atoms with Crippen LogP contribution in [0.2, 0.25) is 0 Å². The zero-order valence-corrected chi connectivity index (χ0v) is 14.1. The summed E-state index contributed by atoms with van der Waals surface area (Å²) in [6, 6.07) is 4.07. The first kappa shape index (κ1) is 16.7. The molecule has 0 fully saturated rings. The zero-order valence-electron chi connectivity index (χ0n) is 11.6. The number of ether oxygens (including phenoxy) is 1. The van der Waals surface area contributed by atoms with Crippen LogP contribution in [0, 0.1) is 10.1 Å². The van der Waals surface area contributed by atoms with Crippen molar-refractivity contribution in [1.29, 1.82) is 0 Å². The molecule has 7 nitrogen and oxygen atoms in total. The Morgan fingerprint density at radius 1 is 1.41 bits per heavy atom. The number of nitrogens with zero attached hydrogens (tertiary/aromatic N) is 3. The number of hydrogen-bond acceptors (Lipinski definition) is 9. The lowest BCUT2D eigenvalue weighted by atomic mass is 10.2. The summed E-state index contributed by atoms with van der Waals surface area (Å²) in [5.41, 5.74) is -0.0224. The molecule has 10 heteroatoms. The molecule has 22 heavy (non-hydrogen) atoms. The first-order valence-corrected chi connectivity index (χ1v) is 8.68. The van der Waals surface area contributed by atoms with Gasteiger partial charge in [0.15, 0.2) is 8.68 Å². The average molecular weight is 357 g/mol. The number of carbonyl (C=O) groups is 1. The van der Waals surface area contributed by atoms with Gasteiger partial charge in [-0.2, -0.15) is 0 Å². The van der Waals surface area contributed by atoms with Gasteiger partial charge in [0.05, 0.1) is 17.6 Å². The van der Waals surface area contributed by atoms with Crippen molar-refractivity contribution in [3.8, 4) is 0 Å². The van der Waals surface area contributed by atoms with E-state index in [1.165, 1.54) is 48.4 Å². The van der Waals surface area contributed by atoms with E-state index < -0.39 is 10.9 Å². The lowest BCUT2D eigenvalue weighted by Crippen LogP contribution is -2.04. The van der Waals surface area contributed by atoms with Gasteiger partial charge in [0.1, 0.15) is 0 Å². The lowest BCUT2D eigenvalue weighted by molar-refractivity contribution is -0.384. The van der Waals surface area contributed by atoms with Crippen LogP contribution in [0.1, 0.15) is 17.3 Å². The summed E-state index contributed by atoms with van der Waals surface area (Å²) in [6.07, 6.45) is 0. The van der Waals surface area contributed by atoms with E-state index in [4.69, 9.17) is 0 Å². The third kappa shape index (κ3) is 3.96. The Balaban J connectivity index is 2.32. The molecule has 2 aromatic rings. The normalized spacial score (nSPS) is 10.5. The third-order valence-electron chi connectivity index (χ3n) is 2.43. The van der Waals surface area contributed by atoms with E-state index in [0.717, 1.165) is 10.1 Å². The van der Waals surface area contributed by atoms with Crippen molar-refractivity contribution in [1.82, 2.24) is 10.2 Å². The molecule has 0 aliphatic heterocycles. The first-order valence-electron chi connectivity index (χ1n) is 6.06. The van der Waals surface area contributed by atoms with E-state index in [-0.39, 0.29) is 11.3 Å². The van der Waals surface area contributed by atoms with Crippen LogP contribution >= 0.6 is 34.9 Å². The molecule has 0 unspecified atom stereocenters. The van der Waals surface area contributed by atoms with Crippen molar-refractivity contribution in [3.05, 3.63) is 33.9 Å². The van der Waals surface area contributed by atoms with Gasteiger partial charge in [-0.15, -0.1) is 10.2 Å². The van der Waals surface area contributed by atoms with Crippen molar-refractivity contribution in [2.75, 3.05) is 12.9 Å². The number of carbonyl (C=O) groups excluding carboxylic acids is 1. The molecule has 0 aliphatic rings. The van der Waals surface area contributed by atoms with Gasteiger partial charge in [-0.3, -0.25) is 10.1 Å². The van der Waals surface area contributed by atoms with Crippen molar-refractivity contribution < 1.29 is 14.5 Å². The fraction of sp³-hybridized carbons (Fsp3) is 0.250. The molecule has 0 bridgehead atoms. The first-order chi connectivity index (χ1) is 10.5. The molecule has 0 saturated carbocycles. The van der Waals surface area contributed by atoms with Crippen molar-refractivity contribution in [2.45, 2.75) is 20.5 Å². The van der Waals surface area contributed by atoms with Crippen LogP contribution in [0.15, 0.2) is 31.8 Å². The Morgan fingerprint density at radius 3 is 2.77 bits per heavy atom. The molecule has 2 rings (SSSR count). The second kappa shape index (κ2) is 7.56. The summed E-state index contributed by atoms with van der Waals surface area (Å²) in [6.45, 7) is 2.02. The Hall–Kier alpha value is -1.65. The van der Waals surface area contributed by atoms with Gasteiger partial charge in [-0.25, -0.2) is 4.79 Å². The topological polar surface area (TPSA) is 95.2 Å². The van der Waals surface area contributed by atoms with E-state index in [1.807, 2.05) is 6.92 Å². The van der Waals surface area contributed by atoms with Crippen LogP contribution in [0.3, 0.4) is 0 Å². The van der Waals surface area contributed by atoms with E-state index in [1.54, 1.807) is 11.8 Å². The number of thioether (sulfide) groups is 1. The molecule has 0 radical (unpaired) electrons. The Morgan fingerprint density at radius 2 is 2.14 bits per heavy atom. The highest BCUT2D eigenvalue weighted by Crippen LogP contribution is 2.36. The molecule has 0 amide bonds. The average Bonchev–Trinajstić information content (AvgIpc) is 2.94. The fourth-order valence-electron chi connectivity index (χ4n) is 1.50. The molecule has 1 heterocycles. The minimum absolute atomic E-state index is 0.140. The molecular formula is C12H11N3O4S3. The maximum absolute atomic E-state index is 11.8. The number of nitro benzene ring substituents is 1. The lowest BCUT2D eigenvalue weighted by Gasteiger charge is -2.05. The molecular weight excluding hydrogens is 346 g/mol. The summed E-state index contributed by atoms with van der Waals surface area (Å²) >= 11 is 4.22. The standard InChI is InChI=1S/C12H11N3O4S3/c1-3-20-11-13-14-12(22-11)21-9-5-4-7(15(17)18)6-8(9)10(16)19-2/h4-6H,3H2,1-2H3. The Bertz CT molecular complexity index is 705. The second-order valence-corrected chi connectivity index (χ2v) is 7.58. The van der Waals surface area contributed by atoms with Crippen molar-refractivity contribution in [3.63, 3.8) is 0 Å². The van der Waals surface area contributed by atoms with Crippen LogP contribution in [0.25, 0.3) is 0 Å². The van der Waals surface area contributed by atoms with E-state index in [2.05, 4.69) is 14.9 Å². The van der Waals surface area contributed by atoms with Gasteiger partial charge in [-0.1, -0.05) is 41.8 Å². The molecule has 0 spiro atoms. The molecule has 0 aliphatic carbocycles. The van der Waals surface area contributed by atoms with E-state index in [0.29, 0.717) is 9.24 Å². The summed E-state index contributed by atoms with van der Waals surface area (Å²) in [5, 5.41) is 18.9. The van der Waals surface area contributed by atoms with Crippen LogP contribution in [-0.2, 0) is 4.74 Å². The Labute approximate surface area is 138 Å². The molecule has 0 atom stereocenters. The van der Waals surface area contributed by atoms with Crippen LogP contribution < -0.4 is 0 Å². The van der Waals surface area contributed by atoms with Crippen molar-refractivity contribution >= 4 is 46.5 Å². The predicted octanol–water partition coefficient (Wildman–Crippen LogP) is 3.50. The maximum Gasteiger partial charge on any atom is 0.339 e. The van der Waals surface area contributed by atoms with Gasteiger partial charge in [0.2, 0.25) is 0 Å². The number of aromatic nitrogens is 2. The van der Waals surface area contributed by atoms with Gasteiger partial charge in [0.25, 0.3) is 5.69 Å². The number of rotatable bonds is 6. The number of hydrogen-bond donors (Lipinski definition) is 0. The van der Waals surface area contributed by atoms with Gasteiger partial charge < -0.3 is 4.74 Å². The number of esters is 1. The minimum Gasteiger partial charge on any atom is -0.465 e. The zero-order chi connectivity index (χ0) is 16.1. The van der Waals surface area contributed by atoms with Crippen LogP contribution in [-0.4, -0.2) is 34.0 Å². The van der Waals surface area contributed by atoms with Crippen molar-refractivity contribution in [2.24, 2.45) is 0 Å². The van der Waals surface area contributed by atoms with Crippen LogP contribution in [0.5, 0.6) is 0 Å². The van der Waals surface area contributed by atoms with E-state index in [9.17, 15) is 14.9 Å². The highest BCUT2D eigenvalue weighted by molar-refractivity contribution is 8.03. The monoisotopic (exact) mass is 357 g/mol. The molecule has 1 aromatic heterocycles. The molecule has 0 saturated heterocycles. The maximum atomic E-state index is 11.8. The SMILES string of the molecule is CCSc1nnc(Sc2ccc([N+](=O)[O-])cc2C(=O)OC)s1. The minimum atomic E-state index is -0.626. The quantitative estimate of drug-likeness (QED) is 0.335. The number of methoxy groups -OCH3 is 1. The molecule has 116 valence electrons. The van der Waals surface area contributed by atoms with Crippen LogP contribution in [0.4, 0.5) is 5.69 Å².